The van der Waals surface area contributed by atoms with E-state index in [0.29, 0.717) is 25.3 Å². The number of amides is 3. The quantitative estimate of drug-likeness (QED) is 0.739. The molecule has 1 fully saturated rings. The third-order valence-electron chi connectivity index (χ3n) is 5.21. The number of anilines is 1. The molecule has 2 unspecified atom stereocenters. The summed E-state index contributed by atoms with van der Waals surface area (Å²) in [5, 5.41) is 8.56. The molecule has 2 aliphatic rings. The Labute approximate surface area is 168 Å². The zero-order valence-corrected chi connectivity index (χ0v) is 16.4. The molecule has 156 valence electrons. The highest BCUT2D eigenvalue weighted by atomic mass is 19.1. The fraction of sp³-hybridized carbons (Fsp3) is 0.500. The normalized spacial score (nSPS) is 21.7. The van der Waals surface area contributed by atoms with E-state index in [2.05, 4.69) is 10.4 Å². The van der Waals surface area contributed by atoms with Crippen LogP contribution >= 0.6 is 0 Å². The molecule has 0 spiro atoms. The lowest BCUT2D eigenvalue weighted by Crippen LogP contribution is -2.47. The van der Waals surface area contributed by atoms with Crippen LogP contribution in [-0.4, -0.2) is 54.0 Å². The molecule has 2 heterocycles. The van der Waals surface area contributed by atoms with E-state index in [4.69, 9.17) is 5.73 Å². The number of primary amides is 1. The molecule has 3 N–H and O–H groups in total. The van der Waals surface area contributed by atoms with Crippen molar-refractivity contribution in [3.8, 4) is 0 Å². The van der Waals surface area contributed by atoms with Crippen LogP contribution in [0.4, 0.5) is 10.1 Å². The number of nitrogens with one attached hydrogen (secondary N) is 1. The van der Waals surface area contributed by atoms with Crippen LogP contribution in [0.15, 0.2) is 29.4 Å². The van der Waals surface area contributed by atoms with Gasteiger partial charge in [-0.05, 0) is 43.5 Å². The molecule has 2 atom stereocenters. The molecule has 8 nitrogen and oxygen atoms in total. The van der Waals surface area contributed by atoms with Crippen LogP contribution in [0, 0.1) is 11.7 Å². The molecule has 3 rings (SSSR count). The average Bonchev–Trinajstić information content (AvgIpc) is 3.18. The number of rotatable bonds is 6. The highest BCUT2D eigenvalue weighted by molar-refractivity contribution is 6.40. The van der Waals surface area contributed by atoms with Gasteiger partial charge in [-0.15, -0.1) is 0 Å². The second kappa shape index (κ2) is 9.02. The maximum Gasteiger partial charge on any atom is 0.270 e. The molecule has 0 aromatic heterocycles. The number of halogens is 1. The Morgan fingerprint density at radius 3 is 2.66 bits per heavy atom. The second-order valence-electron chi connectivity index (χ2n) is 7.37. The van der Waals surface area contributed by atoms with Gasteiger partial charge >= 0.3 is 0 Å². The van der Waals surface area contributed by atoms with Crippen molar-refractivity contribution in [1.29, 1.82) is 0 Å². The van der Waals surface area contributed by atoms with Crippen molar-refractivity contribution in [1.82, 2.24) is 10.2 Å². The summed E-state index contributed by atoms with van der Waals surface area (Å²) in [6, 6.07) is 4.67. The number of nitrogens with two attached hydrogens (primary N) is 1. The summed E-state index contributed by atoms with van der Waals surface area (Å²) in [7, 11) is 0. The lowest BCUT2D eigenvalue weighted by molar-refractivity contribution is -0.131. The van der Waals surface area contributed by atoms with Crippen LogP contribution in [0.5, 0.6) is 0 Å². The van der Waals surface area contributed by atoms with Crippen LogP contribution < -0.4 is 16.1 Å². The standard InChI is InChI=1S/C20H26FN5O3/c1-2-9-23-19(28)13-4-3-10-25(12-13)20(29)16-11-17(18(22)27)26(24-16)15-7-5-14(21)6-8-15/h5-8,13,17H,2-4,9-12H2,1H3,(H2,22,27)(H,23,28). The molecule has 0 radical (unpaired) electrons. The van der Waals surface area contributed by atoms with E-state index in [0.717, 1.165) is 19.3 Å². The van der Waals surface area contributed by atoms with E-state index < -0.39 is 17.8 Å². The van der Waals surface area contributed by atoms with Gasteiger partial charge in [0.2, 0.25) is 11.8 Å². The molecule has 0 bridgehead atoms. The number of nitrogens with zero attached hydrogens (tertiary/aromatic N) is 3. The molecule has 29 heavy (non-hydrogen) atoms. The van der Waals surface area contributed by atoms with Gasteiger partial charge in [0.15, 0.2) is 0 Å². The van der Waals surface area contributed by atoms with Crippen molar-refractivity contribution in [3.05, 3.63) is 30.1 Å². The highest BCUT2D eigenvalue weighted by Crippen LogP contribution is 2.26. The number of piperidine rings is 1. The molecule has 1 aromatic carbocycles. The fourth-order valence-electron chi connectivity index (χ4n) is 3.64. The number of carbonyl (C=O) groups excluding carboxylic acids is 3. The maximum atomic E-state index is 13.2. The molecular formula is C20H26FN5O3. The molecule has 3 amide bonds. The Kier molecular flexibility index (Phi) is 6.46. The smallest absolute Gasteiger partial charge is 0.270 e. The molecule has 2 aliphatic heterocycles. The lowest BCUT2D eigenvalue weighted by Gasteiger charge is -2.32. The zero-order chi connectivity index (χ0) is 21.0. The third kappa shape index (κ3) is 4.72. The number of hydrazone groups is 1. The van der Waals surface area contributed by atoms with E-state index in [9.17, 15) is 18.8 Å². The van der Waals surface area contributed by atoms with Gasteiger partial charge in [0.1, 0.15) is 17.6 Å². The van der Waals surface area contributed by atoms with Gasteiger partial charge in [-0.2, -0.15) is 5.10 Å². The summed E-state index contributed by atoms with van der Waals surface area (Å²) in [6.45, 7) is 3.46. The minimum atomic E-state index is -0.812. The Morgan fingerprint density at radius 1 is 1.28 bits per heavy atom. The first-order valence-electron chi connectivity index (χ1n) is 9.89. The molecule has 1 aromatic rings. The second-order valence-corrected chi connectivity index (χ2v) is 7.37. The first-order chi connectivity index (χ1) is 13.9. The number of likely N-dealkylation sites (tertiary alicyclic amines) is 1. The van der Waals surface area contributed by atoms with Crippen molar-refractivity contribution in [2.75, 3.05) is 24.6 Å². The number of hydrogen-bond acceptors (Lipinski definition) is 5. The zero-order valence-electron chi connectivity index (χ0n) is 16.4. The van der Waals surface area contributed by atoms with Crippen molar-refractivity contribution in [2.45, 2.75) is 38.6 Å². The van der Waals surface area contributed by atoms with Gasteiger partial charge in [-0.3, -0.25) is 19.4 Å². The number of carbonyl (C=O) groups is 3. The van der Waals surface area contributed by atoms with E-state index in [-0.39, 0.29) is 29.9 Å². The summed E-state index contributed by atoms with van der Waals surface area (Å²) < 4.78 is 13.2. The monoisotopic (exact) mass is 403 g/mol. The molecule has 9 heteroatoms. The van der Waals surface area contributed by atoms with Crippen LogP contribution in [0.1, 0.15) is 32.6 Å². The van der Waals surface area contributed by atoms with E-state index >= 15 is 0 Å². The Hall–Kier alpha value is -2.97. The van der Waals surface area contributed by atoms with Crippen LogP contribution in [0.3, 0.4) is 0 Å². The van der Waals surface area contributed by atoms with Crippen LogP contribution in [-0.2, 0) is 14.4 Å². The summed E-state index contributed by atoms with van der Waals surface area (Å²) in [5.41, 5.74) is 6.19. The summed E-state index contributed by atoms with van der Waals surface area (Å²) in [5.74, 6) is -1.61. The topological polar surface area (TPSA) is 108 Å². The lowest BCUT2D eigenvalue weighted by atomic mass is 9.96. The first-order valence-corrected chi connectivity index (χ1v) is 9.89. The van der Waals surface area contributed by atoms with E-state index in [1.165, 1.54) is 29.3 Å². The Bertz CT molecular complexity index is 811. The van der Waals surface area contributed by atoms with E-state index in [1.54, 1.807) is 4.90 Å². The summed E-state index contributed by atoms with van der Waals surface area (Å²) in [6.07, 6.45) is 2.39. The van der Waals surface area contributed by atoms with Gasteiger partial charge < -0.3 is 16.0 Å². The maximum absolute atomic E-state index is 13.2. The van der Waals surface area contributed by atoms with Crippen LogP contribution in [0.25, 0.3) is 0 Å². The Balaban J connectivity index is 1.74. The van der Waals surface area contributed by atoms with Crippen molar-refractivity contribution in [3.63, 3.8) is 0 Å². The van der Waals surface area contributed by atoms with Crippen molar-refractivity contribution >= 4 is 29.1 Å². The molecule has 1 saturated heterocycles. The molecule has 0 aliphatic carbocycles. The van der Waals surface area contributed by atoms with Gasteiger partial charge in [0.25, 0.3) is 5.91 Å². The summed E-state index contributed by atoms with van der Waals surface area (Å²) in [4.78, 5) is 38.8. The minimum Gasteiger partial charge on any atom is -0.368 e. The highest BCUT2D eigenvalue weighted by Gasteiger charge is 2.38. The predicted molar refractivity (Wildman–Crippen MR) is 107 cm³/mol. The molecule has 0 saturated carbocycles. The van der Waals surface area contributed by atoms with Gasteiger partial charge in [-0.1, -0.05) is 6.92 Å². The van der Waals surface area contributed by atoms with E-state index in [1.807, 2.05) is 6.92 Å². The van der Waals surface area contributed by atoms with Crippen molar-refractivity contribution in [2.24, 2.45) is 16.8 Å². The fourth-order valence-corrected chi connectivity index (χ4v) is 3.64. The van der Waals surface area contributed by atoms with Gasteiger partial charge in [-0.25, -0.2) is 4.39 Å². The third-order valence-corrected chi connectivity index (χ3v) is 5.21. The van der Waals surface area contributed by atoms with Gasteiger partial charge in [0, 0.05) is 26.1 Å². The van der Waals surface area contributed by atoms with Crippen LogP contribution in [0.2, 0.25) is 0 Å². The van der Waals surface area contributed by atoms with Gasteiger partial charge in [0.05, 0.1) is 11.6 Å². The predicted octanol–water partition coefficient (Wildman–Crippen LogP) is 1.01. The molecular weight excluding hydrogens is 377 g/mol. The SMILES string of the molecule is CCCNC(=O)C1CCCN(C(=O)C2=NN(c3ccc(F)cc3)C(C(N)=O)C2)C1. The number of hydrogen-bond donors (Lipinski definition) is 2. The first kappa shape index (κ1) is 20.8. The number of benzene rings is 1. The largest absolute Gasteiger partial charge is 0.368 e. The van der Waals surface area contributed by atoms with Crippen molar-refractivity contribution < 1.29 is 18.8 Å². The summed E-state index contributed by atoms with van der Waals surface area (Å²) >= 11 is 0. The average molecular weight is 403 g/mol. The minimum absolute atomic E-state index is 0.0411. The Morgan fingerprint density at radius 2 is 2.00 bits per heavy atom.